The summed E-state index contributed by atoms with van der Waals surface area (Å²) in [6.07, 6.45) is 3.82. The van der Waals surface area contributed by atoms with Crippen molar-refractivity contribution in [3.63, 3.8) is 0 Å². The number of rotatable bonds is 7. The first-order valence-corrected chi connectivity index (χ1v) is 8.86. The minimum atomic E-state index is 0.524. The van der Waals surface area contributed by atoms with Gasteiger partial charge in [0, 0.05) is 31.6 Å². The first kappa shape index (κ1) is 16.7. The van der Waals surface area contributed by atoms with Crippen LogP contribution in [0.5, 0.6) is 0 Å². The predicted octanol–water partition coefficient (Wildman–Crippen LogP) is 3.42. The van der Waals surface area contributed by atoms with Gasteiger partial charge in [-0.1, -0.05) is 27.2 Å². The molecule has 1 aliphatic rings. The zero-order chi connectivity index (χ0) is 15.3. The largest absolute Gasteiger partial charge is 0.378 e. The maximum Gasteiger partial charge on any atom is 0.185 e. The van der Waals surface area contributed by atoms with E-state index >= 15 is 0 Å². The van der Waals surface area contributed by atoms with Gasteiger partial charge in [0.1, 0.15) is 0 Å². The van der Waals surface area contributed by atoms with Gasteiger partial charge in [-0.05, 0) is 24.8 Å². The Kier molecular flexibility index (Phi) is 6.02. The summed E-state index contributed by atoms with van der Waals surface area (Å²) < 4.78 is 5.30. The highest BCUT2D eigenvalue weighted by Crippen LogP contribution is 2.37. The van der Waals surface area contributed by atoms with Crippen molar-refractivity contribution < 1.29 is 4.74 Å². The van der Waals surface area contributed by atoms with Gasteiger partial charge in [0.2, 0.25) is 0 Å². The van der Waals surface area contributed by atoms with Gasteiger partial charge in [0.25, 0.3) is 0 Å². The van der Waals surface area contributed by atoms with Crippen molar-refractivity contribution in [2.45, 2.75) is 53.2 Å². The topological polar surface area (TPSA) is 37.4 Å². The number of aromatic nitrogens is 1. The quantitative estimate of drug-likeness (QED) is 0.837. The molecule has 0 saturated carbocycles. The second kappa shape index (κ2) is 7.56. The minimum absolute atomic E-state index is 0.524. The molecule has 0 atom stereocenters. The van der Waals surface area contributed by atoms with Crippen molar-refractivity contribution in [3.05, 3.63) is 10.6 Å². The van der Waals surface area contributed by atoms with E-state index < -0.39 is 0 Å². The fraction of sp³-hybridized carbons (Fsp3) is 0.812. The summed E-state index contributed by atoms with van der Waals surface area (Å²) >= 11 is 1.83. The lowest BCUT2D eigenvalue weighted by Crippen LogP contribution is -2.38. The zero-order valence-electron chi connectivity index (χ0n) is 13.9. The van der Waals surface area contributed by atoms with E-state index in [1.807, 2.05) is 11.3 Å². The third-order valence-electron chi connectivity index (χ3n) is 4.68. The summed E-state index contributed by atoms with van der Waals surface area (Å²) in [5.74, 6) is 0. The van der Waals surface area contributed by atoms with Crippen LogP contribution < -0.4 is 10.2 Å². The lowest BCUT2D eigenvalue weighted by molar-refractivity contribution is 0.181. The maximum absolute atomic E-state index is 5.30. The number of hydrogen-bond donors (Lipinski definition) is 1. The molecule has 0 bridgehead atoms. The second-order valence-corrected chi connectivity index (χ2v) is 7.29. The zero-order valence-corrected chi connectivity index (χ0v) is 14.7. The molecule has 0 aromatic carbocycles. The number of nitrogens with zero attached hydrogens (tertiary/aromatic N) is 2. The van der Waals surface area contributed by atoms with E-state index in [0.29, 0.717) is 12.0 Å². The molecule has 0 unspecified atom stereocenters. The van der Waals surface area contributed by atoms with Gasteiger partial charge in [0.15, 0.2) is 5.13 Å². The number of anilines is 1. The molecular formula is C16H29N3OS. The number of methoxy groups -OCH3 is 1. The lowest BCUT2D eigenvalue weighted by Gasteiger charge is -2.38. The molecular weight excluding hydrogens is 282 g/mol. The van der Waals surface area contributed by atoms with Crippen LogP contribution in [0, 0.1) is 5.41 Å². The molecule has 1 fully saturated rings. The van der Waals surface area contributed by atoms with E-state index in [1.165, 1.54) is 29.3 Å². The summed E-state index contributed by atoms with van der Waals surface area (Å²) in [5, 5.41) is 4.57. The van der Waals surface area contributed by atoms with Crippen LogP contribution in [0.3, 0.4) is 0 Å². The molecule has 1 aromatic heterocycles. The van der Waals surface area contributed by atoms with Gasteiger partial charge in [0.05, 0.1) is 12.3 Å². The standard InChI is InChI=1S/C16H29N3OS/c1-5-16(3)7-9-19(10-8-16)15-18-13(12-20-4)14(21-15)11-17-6-2/h17H,5-12H2,1-4H3. The SMILES string of the molecule is CCNCc1sc(N2CCC(C)(CC)CC2)nc1COC. The lowest BCUT2D eigenvalue weighted by atomic mass is 9.78. The van der Waals surface area contributed by atoms with Gasteiger partial charge < -0.3 is 15.0 Å². The molecule has 1 aromatic rings. The van der Waals surface area contributed by atoms with E-state index in [-0.39, 0.29) is 0 Å². The van der Waals surface area contributed by atoms with Crippen LogP contribution >= 0.6 is 11.3 Å². The van der Waals surface area contributed by atoms with Gasteiger partial charge in [-0.2, -0.15) is 0 Å². The van der Waals surface area contributed by atoms with Gasteiger partial charge in [-0.3, -0.25) is 0 Å². The number of piperidine rings is 1. The molecule has 0 spiro atoms. The van der Waals surface area contributed by atoms with Gasteiger partial charge >= 0.3 is 0 Å². The summed E-state index contributed by atoms with van der Waals surface area (Å²) in [4.78, 5) is 8.60. The van der Waals surface area contributed by atoms with E-state index in [2.05, 4.69) is 31.0 Å². The maximum atomic E-state index is 5.30. The fourth-order valence-corrected chi connectivity index (χ4v) is 3.81. The fourth-order valence-electron chi connectivity index (χ4n) is 2.72. The molecule has 21 heavy (non-hydrogen) atoms. The summed E-state index contributed by atoms with van der Waals surface area (Å²) in [7, 11) is 1.74. The number of thiazole rings is 1. The normalized spacial score (nSPS) is 18.2. The van der Waals surface area contributed by atoms with Crippen LogP contribution in [-0.2, 0) is 17.9 Å². The monoisotopic (exact) mass is 311 g/mol. The molecule has 0 radical (unpaired) electrons. The Morgan fingerprint density at radius 2 is 2.05 bits per heavy atom. The van der Waals surface area contributed by atoms with Crippen molar-refractivity contribution in [2.24, 2.45) is 5.41 Å². The molecule has 5 heteroatoms. The predicted molar refractivity (Wildman–Crippen MR) is 90.1 cm³/mol. The van der Waals surface area contributed by atoms with Crippen LogP contribution in [-0.4, -0.2) is 31.7 Å². The van der Waals surface area contributed by atoms with Crippen molar-refractivity contribution in [1.82, 2.24) is 10.3 Å². The molecule has 2 rings (SSSR count). The first-order chi connectivity index (χ1) is 10.1. The average molecular weight is 311 g/mol. The van der Waals surface area contributed by atoms with Crippen molar-refractivity contribution >= 4 is 16.5 Å². The molecule has 1 saturated heterocycles. The highest BCUT2D eigenvalue weighted by Gasteiger charge is 2.29. The third-order valence-corrected chi connectivity index (χ3v) is 5.84. The van der Waals surface area contributed by atoms with Crippen LogP contribution in [0.1, 0.15) is 50.6 Å². The molecule has 0 amide bonds. The smallest absolute Gasteiger partial charge is 0.185 e. The molecule has 1 N–H and O–H groups in total. The number of ether oxygens (including phenoxy) is 1. The Morgan fingerprint density at radius 3 is 2.62 bits per heavy atom. The summed E-state index contributed by atoms with van der Waals surface area (Å²) in [5.41, 5.74) is 1.62. The minimum Gasteiger partial charge on any atom is -0.378 e. The molecule has 0 aliphatic carbocycles. The van der Waals surface area contributed by atoms with Crippen molar-refractivity contribution in [2.75, 3.05) is 31.6 Å². The Morgan fingerprint density at radius 1 is 1.33 bits per heavy atom. The van der Waals surface area contributed by atoms with E-state index in [1.54, 1.807) is 7.11 Å². The second-order valence-electron chi connectivity index (χ2n) is 6.23. The highest BCUT2D eigenvalue weighted by atomic mass is 32.1. The summed E-state index contributed by atoms with van der Waals surface area (Å²) in [6, 6.07) is 0. The van der Waals surface area contributed by atoms with Crippen LogP contribution in [0.4, 0.5) is 5.13 Å². The Hall–Kier alpha value is -0.650. The van der Waals surface area contributed by atoms with Crippen LogP contribution in [0.2, 0.25) is 0 Å². The van der Waals surface area contributed by atoms with Gasteiger partial charge in [-0.15, -0.1) is 11.3 Å². The first-order valence-electron chi connectivity index (χ1n) is 8.05. The molecule has 2 heterocycles. The van der Waals surface area contributed by atoms with E-state index in [0.717, 1.165) is 31.9 Å². The third kappa shape index (κ3) is 4.18. The Balaban J connectivity index is 2.06. The van der Waals surface area contributed by atoms with Crippen LogP contribution in [0.15, 0.2) is 0 Å². The number of hydrogen-bond acceptors (Lipinski definition) is 5. The molecule has 120 valence electrons. The molecule has 4 nitrogen and oxygen atoms in total. The summed E-state index contributed by atoms with van der Waals surface area (Å²) in [6.45, 7) is 11.6. The Bertz CT molecular complexity index is 439. The van der Waals surface area contributed by atoms with E-state index in [4.69, 9.17) is 9.72 Å². The van der Waals surface area contributed by atoms with Crippen LogP contribution in [0.25, 0.3) is 0 Å². The number of nitrogens with one attached hydrogen (secondary N) is 1. The highest BCUT2D eigenvalue weighted by molar-refractivity contribution is 7.15. The van der Waals surface area contributed by atoms with Crippen molar-refractivity contribution in [1.29, 1.82) is 0 Å². The molecule has 1 aliphatic heterocycles. The van der Waals surface area contributed by atoms with Gasteiger partial charge in [-0.25, -0.2) is 4.98 Å². The average Bonchev–Trinajstić information content (AvgIpc) is 2.89. The van der Waals surface area contributed by atoms with Crippen molar-refractivity contribution in [3.8, 4) is 0 Å². The van der Waals surface area contributed by atoms with E-state index in [9.17, 15) is 0 Å². The Labute approximate surface area is 132 Å².